The summed E-state index contributed by atoms with van der Waals surface area (Å²) in [5, 5.41) is 6.89. The molecule has 0 aromatic heterocycles. The van der Waals surface area contributed by atoms with E-state index in [4.69, 9.17) is 21.5 Å². The van der Waals surface area contributed by atoms with E-state index in [1.165, 1.54) is 0 Å². The summed E-state index contributed by atoms with van der Waals surface area (Å²) in [6.07, 6.45) is 0.316. The van der Waals surface area contributed by atoms with Crippen LogP contribution in [0.5, 0.6) is 0 Å². The number of alkyl halides is 1. The monoisotopic (exact) mass is 138 g/mol. The summed E-state index contributed by atoms with van der Waals surface area (Å²) in [4.78, 5) is 8.36. The molecule has 0 bridgehead atoms. The predicted molar refractivity (Wildman–Crippen MR) is 28.9 cm³/mol. The summed E-state index contributed by atoms with van der Waals surface area (Å²) >= 11 is 5.31. The van der Waals surface area contributed by atoms with Crippen molar-refractivity contribution in [1.29, 1.82) is 0 Å². The second-order valence-corrected chi connectivity index (χ2v) is 1.73. The van der Waals surface area contributed by atoms with Gasteiger partial charge in [0.25, 0.3) is 6.47 Å². The minimum atomic E-state index is -0.250. The van der Waals surface area contributed by atoms with Gasteiger partial charge in [0.05, 0.1) is 6.10 Å². The van der Waals surface area contributed by atoms with Gasteiger partial charge in [0, 0.05) is 0 Å². The maximum absolute atomic E-state index is 8.36. The molecule has 0 aliphatic carbocycles. The molecule has 0 amide bonds. The van der Waals surface area contributed by atoms with Crippen LogP contribution in [-0.2, 0) is 9.53 Å². The Balaban J connectivity index is 0.000000145. The van der Waals surface area contributed by atoms with Crippen LogP contribution in [0.1, 0.15) is 6.92 Å². The number of carbonyl (C=O) groups is 1. The molecule has 0 spiro atoms. The summed E-state index contributed by atoms with van der Waals surface area (Å²) in [6, 6.07) is 0. The number of epoxide rings is 1. The van der Waals surface area contributed by atoms with Crippen molar-refractivity contribution in [3.8, 4) is 0 Å². The molecule has 1 N–H and O–H groups in total. The van der Waals surface area contributed by atoms with E-state index < -0.39 is 0 Å². The number of carboxylic acid groups (broad SMARTS) is 1. The lowest BCUT2D eigenvalue weighted by Crippen LogP contribution is -1.69. The molecule has 1 saturated heterocycles. The Labute approximate surface area is 52.2 Å². The third kappa shape index (κ3) is 3.89. The lowest BCUT2D eigenvalue weighted by molar-refractivity contribution is -0.122. The summed E-state index contributed by atoms with van der Waals surface area (Å²) in [6.45, 7) is 1.69. The average Bonchev–Trinajstić information content (AvgIpc) is 2.22. The van der Waals surface area contributed by atoms with Gasteiger partial charge in [0.1, 0.15) is 0 Å². The first kappa shape index (κ1) is 7.72. The molecule has 1 aliphatic rings. The normalized spacial score (nSPS) is 32.2. The lowest BCUT2D eigenvalue weighted by atomic mass is 10.6. The Morgan fingerprint density at radius 1 is 1.88 bits per heavy atom. The van der Waals surface area contributed by atoms with Crippen LogP contribution >= 0.6 is 11.6 Å². The molecule has 1 rings (SSSR count). The average molecular weight is 139 g/mol. The molecule has 0 aromatic rings. The van der Waals surface area contributed by atoms with E-state index >= 15 is 0 Å². The fourth-order valence-electron chi connectivity index (χ4n) is 0.160. The molecule has 2 atom stereocenters. The maximum atomic E-state index is 8.36. The highest BCUT2D eigenvalue weighted by molar-refractivity contribution is 6.21. The second-order valence-electron chi connectivity index (χ2n) is 1.30. The maximum Gasteiger partial charge on any atom is 0.290 e. The zero-order chi connectivity index (χ0) is 6.57. The van der Waals surface area contributed by atoms with Gasteiger partial charge in [0.2, 0.25) is 0 Å². The van der Waals surface area contributed by atoms with Crippen LogP contribution in [0.4, 0.5) is 0 Å². The number of hydrogen-bond acceptors (Lipinski definition) is 2. The standard InChI is InChI=1S/C3H5ClO.CH2O2/c1-2-3(4)5-2;2-1-3/h2-3H,1H3;1H,(H,2,3). The smallest absolute Gasteiger partial charge is 0.290 e. The first-order valence-corrected chi connectivity index (χ1v) is 2.53. The topological polar surface area (TPSA) is 49.8 Å². The van der Waals surface area contributed by atoms with E-state index in [9.17, 15) is 0 Å². The number of ether oxygens (including phenoxy) is 1. The van der Waals surface area contributed by atoms with Gasteiger partial charge in [-0.2, -0.15) is 0 Å². The molecule has 0 saturated carbocycles. The van der Waals surface area contributed by atoms with Gasteiger partial charge in [-0.3, -0.25) is 4.79 Å². The zero-order valence-corrected chi connectivity index (χ0v) is 5.13. The molecular weight excluding hydrogens is 131 g/mol. The van der Waals surface area contributed by atoms with E-state index in [2.05, 4.69) is 4.74 Å². The highest BCUT2D eigenvalue weighted by Crippen LogP contribution is 2.23. The summed E-state index contributed by atoms with van der Waals surface area (Å²) in [5.74, 6) is 0. The van der Waals surface area contributed by atoms with Gasteiger partial charge in [-0.25, -0.2) is 0 Å². The molecule has 8 heavy (non-hydrogen) atoms. The first-order valence-electron chi connectivity index (χ1n) is 2.09. The molecule has 1 heterocycles. The van der Waals surface area contributed by atoms with E-state index in [1.54, 1.807) is 0 Å². The molecule has 0 aromatic carbocycles. The first-order chi connectivity index (χ1) is 3.72. The van der Waals surface area contributed by atoms with E-state index in [-0.39, 0.29) is 12.0 Å². The van der Waals surface area contributed by atoms with Crippen molar-refractivity contribution in [2.24, 2.45) is 0 Å². The van der Waals surface area contributed by atoms with Crippen molar-refractivity contribution in [3.05, 3.63) is 0 Å². The van der Waals surface area contributed by atoms with E-state index in [1.807, 2.05) is 6.92 Å². The highest BCUT2D eigenvalue weighted by Gasteiger charge is 2.30. The third-order valence-electron chi connectivity index (χ3n) is 0.637. The molecular formula is C4H7ClO3. The van der Waals surface area contributed by atoms with Crippen molar-refractivity contribution in [2.75, 3.05) is 0 Å². The largest absolute Gasteiger partial charge is 0.483 e. The zero-order valence-electron chi connectivity index (χ0n) is 4.37. The molecule has 4 heteroatoms. The van der Waals surface area contributed by atoms with Crippen LogP contribution in [0.3, 0.4) is 0 Å². The molecule has 48 valence electrons. The fraction of sp³-hybridized carbons (Fsp3) is 0.750. The second kappa shape index (κ2) is 3.69. The van der Waals surface area contributed by atoms with Gasteiger partial charge >= 0.3 is 0 Å². The quantitative estimate of drug-likeness (QED) is 0.304. The molecule has 2 unspecified atom stereocenters. The van der Waals surface area contributed by atoms with Crippen LogP contribution in [0.15, 0.2) is 0 Å². The number of halogens is 1. The minimum Gasteiger partial charge on any atom is -0.483 e. The van der Waals surface area contributed by atoms with E-state index in [0.717, 1.165) is 0 Å². The van der Waals surface area contributed by atoms with Crippen molar-refractivity contribution in [1.82, 2.24) is 0 Å². The van der Waals surface area contributed by atoms with Crippen LogP contribution in [0, 0.1) is 0 Å². The van der Waals surface area contributed by atoms with Gasteiger partial charge in [-0.05, 0) is 6.92 Å². The Kier molecular flexibility index (Phi) is 3.56. The van der Waals surface area contributed by atoms with Crippen molar-refractivity contribution in [3.63, 3.8) is 0 Å². The third-order valence-corrected chi connectivity index (χ3v) is 1.09. The van der Waals surface area contributed by atoms with Gasteiger partial charge in [0.15, 0.2) is 5.56 Å². The van der Waals surface area contributed by atoms with Crippen molar-refractivity contribution >= 4 is 18.1 Å². The van der Waals surface area contributed by atoms with Crippen molar-refractivity contribution in [2.45, 2.75) is 18.6 Å². The minimum absolute atomic E-state index is 0.0231. The number of rotatable bonds is 0. The SMILES string of the molecule is CC1OC1Cl.O=CO. The van der Waals surface area contributed by atoms with Crippen LogP contribution in [0.2, 0.25) is 0 Å². The van der Waals surface area contributed by atoms with Crippen LogP contribution in [-0.4, -0.2) is 23.2 Å². The lowest BCUT2D eigenvalue weighted by Gasteiger charge is -1.55. The van der Waals surface area contributed by atoms with Gasteiger partial charge < -0.3 is 9.84 Å². The Morgan fingerprint density at radius 2 is 2.00 bits per heavy atom. The molecule has 1 fully saturated rings. The highest BCUT2D eigenvalue weighted by atomic mass is 35.5. The van der Waals surface area contributed by atoms with Crippen molar-refractivity contribution < 1.29 is 14.6 Å². The molecule has 3 nitrogen and oxygen atoms in total. The summed E-state index contributed by atoms with van der Waals surface area (Å²) in [7, 11) is 0. The van der Waals surface area contributed by atoms with Gasteiger partial charge in [-0.1, -0.05) is 11.6 Å². The summed E-state index contributed by atoms with van der Waals surface area (Å²) in [5.41, 5.74) is 0.0231. The predicted octanol–water partition coefficient (Wildman–Crippen LogP) is 0.671. The Hall–Kier alpha value is -0.280. The van der Waals surface area contributed by atoms with Crippen LogP contribution in [0.25, 0.3) is 0 Å². The summed E-state index contributed by atoms with van der Waals surface area (Å²) < 4.78 is 4.68. The van der Waals surface area contributed by atoms with Gasteiger partial charge in [-0.15, -0.1) is 0 Å². The van der Waals surface area contributed by atoms with E-state index in [0.29, 0.717) is 6.10 Å². The number of hydrogen-bond donors (Lipinski definition) is 1. The molecule has 0 radical (unpaired) electrons. The van der Waals surface area contributed by atoms with Crippen LogP contribution < -0.4 is 0 Å². The Morgan fingerprint density at radius 3 is 2.00 bits per heavy atom. The molecule has 1 aliphatic heterocycles. The fourth-order valence-corrected chi connectivity index (χ4v) is 0.322. The Bertz CT molecular complexity index is 69.7.